The summed E-state index contributed by atoms with van der Waals surface area (Å²) in [7, 11) is 2.14. The lowest BCUT2D eigenvalue weighted by molar-refractivity contribution is -0.121. The molecule has 1 fully saturated rings. The van der Waals surface area contributed by atoms with E-state index in [-0.39, 0.29) is 24.3 Å². The molecule has 4 rings (SSSR count). The minimum Gasteiger partial charge on any atom is -0.348 e. The minimum atomic E-state index is -0.211. The normalized spacial score (nSPS) is 15.7. The van der Waals surface area contributed by atoms with Gasteiger partial charge in [-0.2, -0.15) is 0 Å². The third kappa shape index (κ3) is 6.71. The highest BCUT2D eigenvalue weighted by atomic mass is 32.1. The Hall–Kier alpha value is -3.07. The molecule has 0 radical (unpaired) electrons. The first-order chi connectivity index (χ1) is 16.1. The Morgan fingerprint density at radius 2 is 1.67 bits per heavy atom. The Morgan fingerprint density at radius 3 is 2.36 bits per heavy atom. The van der Waals surface area contributed by atoms with E-state index in [1.807, 2.05) is 41.8 Å². The fourth-order valence-electron chi connectivity index (χ4n) is 3.82. The molecule has 1 aromatic heterocycles. The van der Waals surface area contributed by atoms with Crippen LogP contribution in [0.5, 0.6) is 0 Å². The van der Waals surface area contributed by atoms with E-state index in [2.05, 4.69) is 44.6 Å². The second kappa shape index (κ2) is 11.2. The molecule has 2 heterocycles. The van der Waals surface area contributed by atoms with Gasteiger partial charge >= 0.3 is 0 Å². The van der Waals surface area contributed by atoms with E-state index in [0.29, 0.717) is 16.4 Å². The monoisotopic (exact) mass is 463 g/mol. The molecule has 1 unspecified atom stereocenters. The molecule has 0 spiro atoms. The van der Waals surface area contributed by atoms with Gasteiger partial charge in [0, 0.05) is 43.7 Å². The van der Waals surface area contributed by atoms with Crippen LogP contribution in [0.3, 0.4) is 0 Å². The van der Waals surface area contributed by atoms with Crippen molar-refractivity contribution in [3.05, 3.63) is 82.9 Å². The lowest BCUT2D eigenvalue weighted by atomic mass is 10.1. The lowest BCUT2D eigenvalue weighted by Gasteiger charge is -2.35. The van der Waals surface area contributed by atoms with Gasteiger partial charge in [-0.3, -0.25) is 19.8 Å². The summed E-state index contributed by atoms with van der Waals surface area (Å²) in [4.78, 5) is 34.4. The number of nitrogens with zero attached hydrogens (tertiary/aromatic N) is 3. The predicted molar refractivity (Wildman–Crippen MR) is 131 cm³/mol. The molecule has 0 bridgehead atoms. The highest BCUT2D eigenvalue weighted by Crippen LogP contribution is 2.19. The van der Waals surface area contributed by atoms with Crippen LogP contribution < -0.4 is 10.6 Å². The minimum absolute atomic E-state index is 0.0794. The number of carbonyl (C=O) groups is 2. The maximum absolute atomic E-state index is 12.9. The molecule has 3 aromatic rings. The van der Waals surface area contributed by atoms with Gasteiger partial charge in [-0.15, -0.1) is 11.3 Å². The molecule has 2 amide bonds. The molecule has 7 nitrogen and oxygen atoms in total. The van der Waals surface area contributed by atoms with Crippen LogP contribution in [-0.2, 0) is 11.2 Å². The Kier molecular flexibility index (Phi) is 7.83. The van der Waals surface area contributed by atoms with Crippen molar-refractivity contribution in [1.82, 2.24) is 20.1 Å². The van der Waals surface area contributed by atoms with E-state index in [0.717, 1.165) is 38.3 Å². The lowest BCUT2D eigenvalue weighted by Crippen LogP contribution is -2.48. The van der Waals surface area contributed by atoms with Crippen molar-refractivity contribution in [2.75, 3.05) is 45.1 Å². The fraction of sp³-hybridized carbons (Fsp3) is 0.320. The number of hydrogen-bond donors (Lipinski definition) is 2. The Labute approximate surface area is 198 Å². The van der Waals surface area contributed by atoms with Gasteiger partial charge in [-0.05, 0) is 24.7 Å². The standard InChI is InChI=1S/C25H29N5O2S/c1-29-12-14-30(15-13-29)17-22(19-8-4-2-5-9-19)27-23(31)16-21-18-33-25(26-21)28-24(32)20-10-6-3-7-11-20/h2-11,18,22H,12-17H2,1H3,(H,27,31)(H,26,28,32). The molecular weight excluding hydrogens is 434 g/mol. The molecule has 1 saturated heterocycles. The summed E-state index contributed by atoms with van der Waals surface area (Å²) < 4.78 is 0. The SMILES string of the molecule is CN1CCN(CC(NC(=O)Cc2csc(NC(=O)c3ccccc3)n2)c2ccccc2)CC1. The first-order valence-corrected chi connectivity index (χ1v) is 12.0. The number of carbonyl (C=O) groups excluding carboxylic acids is 2. The van der Waals surface area contributed by atoms with Crippen molar-refractivity contribution in [1.29, 1.82) is 0 Å². The third-order valence-electron chi connectivity index (χ3n) is 5.72. The topological polar surface area (TPSA) is 77.6 Å². The maximum Gasteiger partial charge on any atom is 0.257 e. The largest absolute Gasteiger partial charge is 0.348 e. The number of hydrogen-bond acceptors (Lipinski definition) is 6. The van der Waals surface area contributed by atoms with Gasteiger partial charge in [0.15, 0.2) is 5.13 Å². The van der Waals surface area contributed by atoms with Crippen LogP contribution in [0.25, 0.3) is 0 Å². The highest BCUT2D eigenvalue weighted by molar-refractivity contribution is 7.14. The summed E-state index contributed by atoms with van der Waals surface area (Å²) in [5.74, 6) is -0.290. The number of anilines is 1. The van der Waals surface area contributed by atoms with Gasteiger partial charge in [0.2, 0.25) is 5.91 Å². The zero-order valence-electron chi connectivity index (χ0n) is 18.7. The maximum atomic E-state index is 12.9. The first-order valence-electron chi connectivity index (χ1n) is 11.1. The van der Waals surface area contributed by atoms with Crippen LogP contribution in [-0.4, -0.2) is 66.4 Å². The number of thiazole rings is 1. The van der Waals surface area contributed by atoms with E-state index in [9.17, 15) is 9.59 Å². The van der Waals surface area contributed by atoms with Crippen molar-refractivity contribution in [3.8, 4) is 0 Å². The molecule has 2 N–H and O–H groups in total. The Bertz CT molecular complexity index is 1050. The van der Waals surface area contributed by atoms with Crippen molar-refractivity contribution >= 4 is 28.3 Å². The smallest absolute Gasteiger partial charge is 0.257 e. The van der Waals surface area contributed by atoms with Gasteiger partial charge < -0.3 is 10.2 Å². The average Bonchev–Trinajstić information content (AvgIpc) is 3.27. The van der Waals surface area contributed by atoms with E-state index < -0.39 is 0 Å². The molecule has 8 heteroatoms. The highest BCUT2D eigenvalue weighted by Gasteiger charge is 2.21. The number of likely N-dealkylation sites (N-methyl/N-ethyl adjacent to an activating group) is 1. The van der Waals surface area contributed by atoms with Crippen molar-refractivity contribution < 1.29 is 9.59 Å². The summed E-state index contributed by atoms with van der Waals surface area (Å²) in [5, 5.41) is 8.31. The number of aromatic nitrogens is 1. The summed E-state index contributed by atoms with van der Waals surface area (Å²) >= 11 is 1.32. The van der Waals surface area contributed by atoms with E-state index in [1.54, 1.807) is 12.1 Å². The third-order valence-corrected chi connectivity index (χ3v) is 6.53. The molecular formula is C25H29N5O2S. The number of rotatable bonds is 8. The predicted octanol–water partition coefficient (Wildman–Crippen LogP) is 3.04. The van der Waals surface area contributed by atoms with Gasteiger partial charge in [-0.25, -0.2) is 4.98 Å². The van der Waals surface area contributed by atoms with E-state index in [4.69, 9.17) is 0 Å². The van der Waals surface area contributed by atoms with Gasteiger partial charge in [0.1, 0.15) is 0 Å². The average molecular weight is 464 g/mol. The molecule has 2 aromatic carbocycles. The zero-order chi connectivity index (χ0) is 23.0. The summed E-state index contributed by atoms with van der Waals surface area (Å²) in [5.41, 5.74) is 2.31. The van der Waals surface area contributed by atoms with Crippen LogP contribution in [0.1, 0.15) is 27.7 Å². The van der Waals surface area contributed by atoms with E-state index in [1.165, 1.54) is 11.3 Å². The Balaban J connectivity index is 1.36. The molecule has 1 aliphatic rings. The quantitative estimate of drug-likeness (QED) is 0.537. The number of piperazine rings is 1. The molecule has 172 valence electrons. The van der Waals surface area contributed by atoms with Crippen molar-refractivity contribution in [2.45, 2.75) is 12.5 Å². The number of benzene rings is 2. The summed E-state index contributed by atoms with van der Waals surface area (Å²) in [6.07, 6.45) is 0.170. The Morgan fingerprint density at radius 1 is 1.00 bits per heavy atom. The van der Waals surface area contributed by atoms with Crippen LogP contribution in [0, 0.1) is 0 Å². The second-order valence-electron chi connectivity index (χ2n) is 8.28. The van der Waals surface area contributed by atoms with Gasteiger partial charge in [0.25, 0.3) is 5.91 Å². The molecule has 1 atom stereocenters. The fourth-order valence-corrected chi connectivity index (χ4v) is 4.53. The molecule has 33 heavy (non-hydrogen) atoms. The van der Waals surface area contributed by atoms with Crippen LogP contribution >= 0.6 is 11.3 Å². The zero-order valence-corrected chi connectivity index (χ0v) is 19.6. The van der Waals surface area contributed by atoms with Crippen LogP contribution in [0.15, 0.2) is 66.0 Å². The number of nitrogens with one attached hydrogen (secondary N) is 2. The van der Waals surface area contributed by atoms with Crippen LogP contribution in [0.2, 0.25) is 0 Å². The number of amides is 2. The summed E-state index contributed by atoms with van der Waals surface area (Å²) in [6, 6.07) is 19.0. The van der Waals surface area contributed by atoms with Crippen molar-refractivity contribution in [2.24, 2.45) is 0 Å². The first kappa shape index (κ1) is 23.1. The van der Waals surface area contributed by atoms with E-state index >= 15 is 0 Å². The second-order valence-corrected chi connectivity index (χ2v) is 9.13. The molecule has 1 aliphatic heterocycles. The van der Waals surface area contributed by atoms with Gasteiger partial charge in [0.05, 0.1) is 18.2 Å². The molecule has 0 aliphatic carbocycles. The summed E-state index contributed by atoms with van der Waals surface area (Å²) in [6.45, 7) is 4.83. The van der Waals surface area contributed by atoms with Crippen LogP contribution in [0.4, 0.5) is 5.13 Å². The molecule has 0 saturated carbocycles. The van der Waals surface area contributed by atoms with Crippen molar-refractivity contribution in [3.63, 3.8) is 0 Å². The van der Waals surface area contributed by atoms with Gasteiger partial charge in [-0.1, -0.05) is 48.5 Å².